The van der Waals surface area contributed by atoms with Crippen LogP contribution in [-0.4, -0.2) is 13.9 Å². The lowest BCUT2D eigenvalue weighted by molar-refractivity contribution is 0.416. The van der Waals surface area contributed by atoms with Gasteiger partial charge in [0.1, 0.15) is 5.75 Å². The predicted molar refractivity (Wildman–Crippen MR) is 82.8 cm³/mol. The number of phenolic OH excluding ortho intramolecular Hbond substituents is 1. The van der Waals surface area contributed by atoms with Gasteiger partial charge in [0.25, 0.3) is 0 Å². The van der Waals surface area contributed by atoms with Gasteiger partial charge in [-0.05, 0) is 30.4 Å². The third-order valence-electron chi connectivity index (χ3n) is 4.93. The summed E-state index contributed by atoms with van der Waals surface area (Å²) in [6.45, 7) is 0. The quantitative estimate of drug-likeness (QED) is 0.795. The zero-order valence-electron chi connectivity index (χ0n) is 11.8. The molecule has 2 fully saturated rings. The van der Waals surface area contributed by atoms with Crippen molar-refractivity contribution in [2.45, 2.75) is 69.4 Å². The van der Waals surface area contributed by atoms with Crippen molar-refractivity contribution in [3.8, 4) is 5.75 Å². The highest BCUT2D eigenvalue weighted by Crippen LogP contribution is 2.37. The molecule has 0 amide bonds. The average Bonchev–Trinajstić information content (AvgIpc) is 2.49. The largest absolute Gasteiger partial charge is 0.508 e. The SMILES string of the molecule is Oc1cccc([Si]2CCCCC2)c1C1CCCCC1. The molecule has 0 unspecified atom stereocenters. The lowest BCUT2D eigenvalue weighted by atomic mass is 9.83. The van der Waals surface area contributed by atoms with E-state index in [1.54, 1.807) is 5.19 Å². The van der Waals surface area contributed by atoms with Gasteiger partial charge in [0, 0.05) is 0 Å². The van der Waals surface area contributed by atoms with Crippen LogP contribution in [0, 0.1) is 0 Å². The Labute approximate surface area is 118 Å². The summed E-state index contributed by atoms with van der Waals surface area (Å²) in [6, 6.07) is 9.17. The van der Waals surface area contributed by atoms with Crippen LogP contribution in [0.4, 0.5) is 0 Å². The third kappa shape index (κ3) is 2.89. The molecule has 1 saturated heterocycles. The highest BCUT2D eigenvalue weighted by molar-refractivity contribution is 6.73. The van der Waals surface area contributed by atoms with E-state index in [0.717, 1.165) is 0 Å². The Morgan fingerprint density at radius 1 is 0.895 bits per heavy atom. The first-order chi connectivity index (χ1) is 9.36. The number of benzene rings is 1. The molecule has 1 N–H and O–H groups in total. The van der Waals surface area contributed by atoms with E-state index in [1.165, 1.54) is 69.0 Å². The van der Waals surface area contributed by atoms with Gasteiger partial charge < -0.3 is 5.11 Å². The Balaban J connectivity index is 1.91. The molecule has 1 heterocycles. The van der Waals surface area contributed by atoms with E-state index < -0.39 is 0 Å². The highest BCUT2D eigenvalue weighted by Gasteiger charge is 2.26. The second-order valence-corrected chi connectivity index (χ2v) is 8.98. The zero-order chi connectivity index (χ0) is 13.1. The van der Waals surface area contributed by atoms with Crippen LogP contribution in [0.25, 0.3) is 0 Å². The Bertz CT molecular complexity index is 417. The van der Waals surface area contributed by atoms with Gasteiger partial charge in [-0.1, -0.05) is 67.9 Å². The van der Waals surface area contributed by atoms with Gasteiger partial charge in [0.05, 0.1) is 8.80 Å². The fourth-order valence-corrected chi connectivity index (χ4v) is 7.12. The second kappa shape index (κ2) is 6.13. The Morgan fingerprint density at radius 3 is 2.32 bits per heavy atom. The molecule has 1 aromatic rings. The van der Waals surface area contributed by atoms with Crippen molar-refractivity contribution in [1.29, 1.82) is 0 Å². The fraction of sp³-hybridized carbons (Fsp3) is 0.647. The topological polar surface area (TPSA) is 20.2 Å². The summed E-state index contributed by atoms with van der Waals surface area (Å²) < 4.78 is 0. The Kier molecular flexibility index (Phi) is 4.27. The zero-order valence-corrected chi connectivity index (χ0v) is 12.8. The van der Waals surface area contributed by atoms with Gasteiger partial charge in [-0.25, -0.2) is 0 Å². The van der Waals surface area contributed by atoms with Gasteiger partial charge >= 0.3 is 0 Å². The maximum atomic E-state index is 10.4. The van der Waals surface area contributed by atoms with Crippen LogP contribution in [0.15, 0.2) is 18.2 Å². The van der Waals surface area contributed by atoms with Crippen LogP contribution in [0.1, 0.15) is 62.8 Å². The average molecular weight is 273 g/mol. The van der Waals surface area contributed by atoms with Crippen LogP contribution in [0.3, 0.4) is 0 Å². The van der Waals surface area contributed by atoms with E-state index in [-0.39, 0.29) is 8.80 Å². The third-order valence-corrected chi connectivity index (χ3v) is 8.05. The van der Waals surface area contributed by atoms with Gasteiger partial charge in [0.2, 0.25) is 0 Å². The molecule has 103 valence electrons. The van der Waals surface area contributed by atoms with Crippen LogP contribution in [-0.2, 0) is 0 Å². The minimum absolute atomic E-state index is 0.386. The van der Waals surface area contributed by atoms with E-state index in [1.807, 2.05) is 6.07 Å². The normalized spacial score (nSPS) is 22.5. The minimum atomic E-state index is -0.386. The van der Waals surface area contributed by atoms with Crippen LogP contribution < -0.4 is 5.19 Å². The summed E-state index contributed by atoms with van der Waals surface area (Å²) in [5.74, 6) is 1.23. The number of aromatic hydroxyl groups is 1. The molecule has 2 heteroatoms. The van der Waals surface area contributed by atoms with E-state index in [4.69, 9.17) is 0 Å². The van der Waals surface area contributed by atoms with Crippen molar-refractivity contribution in [3.05, 3.63) is 23.8 Å². The molecule has 1 aliphatic heterocycles. The van der Waals surface area contributed by atoms with Crippen molar-refractivity contribution >= 4 is 14.0 Å². The van der Waals surface area contributed by atoms with Crippen LogP contribution in [0.2, 0.25) is 12.1 Å². The van der Waals surface area contributed by atoms with Crippen molar-refractivity contribution in [2.24, 2.45) is 0 Å². The maximum Gasteiger partial charge on any atom is 0.118 e. The molecule has 0 atom stereocenters. The first kappa shape index (κ1) is 13.2. The Hall–Kier alpha value is -0.763. The number of phenols is 1. The molecule has 0 bridgehead atoms. The molecule has 1 nitrogen and oxygen atoms in total. The number of hydrogen-bond acceptors (Lipinski definition) is 1. The second-order valence-electron chi connectivity index (χ2n) is 6.24. The molecule has 0 spiro atoms. The molecule has 2 aliphatic rings. The summed E-state index contributed by atoms with van der Waals surface area (Å²) in [5.41, 5.74) is 1.36. The first-order valence-electron chi connectivity index (χ1n) is 8.03. The summed E-state index contributed by atoms with van der Waals surface area (Å²) in [5, 5.41) is 12.0. The first-order valence-corrected chi connectivity index (χ1v) is 9.94. The lowest BCUT2D eigenvalue weighted by Gasteiger charge is -2.29. The van der Waals surface area contributed by atoms with E-state index >= 15 is 0 Å². The van der Waals surface area contributed by atoms with Gasteiger partial charge in [-0.2, -0.15) is 0 Å². The van der Waals surface area contributed by atoms with Crippen molar-refractivity contribution in [1.82, 2.24) is 0 Å². The summed E-state index contributed by atoms with van der Waals surface area (Å²) >= 11 is 0. The molecule has 1 saturated carbocycles. The monoisotopic (exact) mass is 273 g/mol. The van der Waals surface area contributed by atoms with Crippen LogP contribution in [0.5, 0.6) is 5.75 Å². The molecule has 3 rings (SSSR count). The fourth-order valence-electron chi connectivity index (χ4n) is 3.93. The molecular weight excluding hydrogens is 248 g/mol. The van der Waals surface area contributed by atoms with Gasteiger partial charge in [0.15, 0.2) is 0 Å². The summed E-state index contributed by atoms with van der Waals surface area (Å²) in [6.07, 6.45) is 10.9. The summed E-state index contributed by atoms with van der Waals surface area (Å²) in [4.78, 5) is 0. The number of rotatable bonds is 2. The van der Waals surface area contributed by atoms with E-state index in [2.05, 4.69) is 12.1 Å². The van der Waals surface area contributed by atoms with Gasteiger partial charge in [-0.15, -0.1) is 0 Å². The van der Waals surface area contributed by atoms with E-state index in [0.29, 0.717) is 11.7 Å². The van der Waals surface area contributed by atoms with E-state index in [9.17, 15) is 5.11 Å². The molecular formula is C17H25OSi. The smallest absolute Gasteiger partial charge is 0.118 e. The predicted octanol–water partition coefficient (Wildman–Crippen LogP) is 4.33. The number of hydrogen-bond donors (Lipinski definition) is 1. The van der Waals surface area contributed by atoms with Crippen LogP contribution >= 0.6 is 0 Å². The van der Waals surface area contributed by atoms with Crippen molar-refractivity contribution in [3.63, 3.8) is 0 Å². The maximum absolute atomic E-state index is 10.4. The molecule has 0 aromatic heterocycles. The molecule has 19 heavy (non-hydrogen) atoms. The highest BCUT2D eigenvalue weighted by atomic mass is 28.3. The lowest BCUT2D eigenvalue weighted by Crippen LogP contribution is -2.35. The van der Waals surface area contributed by atoms with Gasteiger partial charge in [-0.3, -0.25) is 0 Å². The minimum Gasteiger partial charge on any atom is -0.508 e. The summed E-state index contributed by atoms with van der Waals surface area (Å²) in [7, 11) is -0.386. The molecule has 1 aliphatic carbocycles. The molecule has 1 radical (unpaired) electrons. The van der Waals surface area contributed by atoms with Crippen molar-refractivity contribution < 1.29 is 5.11 Å². The Morgan fingerprint density at radius 2 is 1.58 bits per heavy atom. The molecule has 1 aromatic carbocycles. The van der Waals surface area contributed by atoms with Crippen molar-refractivity contribution in [2.75, 3.05) is 0 Å². The standard InChI is InChI=1S/C17H25OSi/c18-15-10-7-11-16(19-12-5-2-6-13-19)17(15)14-8-3-1-4-9-14/h7,10-11,14,18H,1-6,8-9,12-13H2.